The zero-order valence-corrected chi connectivity index (χ0v) is 13.2. The van der Waals surface area contributed by atoms with E-state index in [9.17, 15) is 9.90 Å². The van der Waals surface area contributed by atoms with Gasteiger partial charge in [0.05, 0.1) is 12.3 Å². The summed E-state index contributed by atoms with van der Waals surface area (Å²) in [5.41, 5.74) is 0.557. The van der Waals surface area contributed by atoms with E-state index < -0.39 is 5.97 Å². The number of carbonyl (C=O) groups is 1. The zero-order chi connectivity index (χ0) is 14.8. The lowest BCUT2D eigenvalue weighted by Crippen LogP contribution is -2.34. The fraction of sp³-hybridized carbons (Fsp3) is 0.733. The van der Waals surface area contributed by atoms with Crippen LogP contribution in [0.1, 0.15) is 53.9 Å². The first-order valence-electron chi connectivity index (χ1n) is 7.69. The minimum Gasteiger partial charge on any atom is -0.477 e. The summed E-state index contributed by atoms with van der Waals surface area (Å²) < 4.78 is 5.08. The average molecular weight is 310 g/mol. The molecule has 21 heavy (non-hydrogen) atoms. The van der Waals surface area contributed by atoms with Crippen LogP contribution < -0.4 is 4.90 Å². The molecule has 1 atom stereocenters. The van der Waals surface area contributed by atoms with Gasteiger partial charge in [-0.15, -0.1) is 0 Å². The quantitative estimate of drug-likeness (QED) is 0.905. The Labute approximate surface area is 128 Å². The number of hydrogen-bond donors (Lipinski definition) is 1. The maximum Gasteiger partial charge on any atom is 0.347 e. The average Bonchev–Trinajstić information content (AvgIpc) is 3.18. The minimum atomic E-state index is -0.901. The molecule has 116 valence electrons. The van der Waals surface area contributed by atoms with Crippen LogP contribution in [0, 0.1) is 5.92 Å². The summed E-state index contributed by atoms with van der Waals surface area (Å²) in [6.45, 7) is 1.26. The maximum absolute atomic E-state index is 11.4. The Morgan fingerprint density at radius 2 is 2.14 bits per heavy atom. The Morgan fingerprint density at radius 3 is 2.81 bits per heavy atom. The van der Waals surface area contributed by atoms with E-state index in [1.165, 1.54) is 49.9 Å². The number of hydrogen-bond acceptors (Lipinski definition) is 5. The van der Waals surface area contributed by atoms with E-state index in [0.717, 1.165) is 17.6 Å². The number of anilines is 1. The smallest absolute Gasteiger partial charge is 0.347 e. The molecule has 1 saturated heterocycles. The van der Waals surface area contributed by atoms with Gasteiger partial charge >= 0.3 is 5.97 Å². The molecule has 0 amide bonds. The Bertz CT molecular complexity index is 511. The lowest BCUT2D eigenvalue weighted by atomic mass is 9.96. The summed E-state index contributed by atoms with van der Waals surface area (Å²) >= 11 is 1.30. The number of rotatable bonds is 5. The molecule has 0 aromatic carbocycles. The highest BCUT2D eigenvalue weighted by Gasteiger charge is 2.35. The topological polar surface area (TPSA) is 62.7 Å². The number of methoxy groups -OCH3 is 1. The van der Waals surface area contributed by atoms with Crippen LogP contribution in [0.5, 0.6) is 0 Å². The fourth-order valence-electron chi connectivity index (χ4n) is 3.73. The monoisotopic (exact) mass is 310 g/mol. The molecule has 0 spiro atoms. The molecule has 1 unspecified atom stereocenters. The number of aromatic nitrogens is 1. The van der Waals surface area contributed by atoms with Crippen molar-refractivity contribution in [1.29, 1.82) is 0 Å². The zero-order valence-electron chi connectivity index (χ0n) is 12.4. The molecular weight excluding hydrogens is 288 g/mol. The van der Waals surface area contributed by atoms with Crippen molar-refractivity contribution in [3.8, 4) is 0 Å². The van der Waals surface area contributed by atoms with Gasteiger partial charge in [-0.3, -0.25) is 0 Å². The highest BCUT2D eigenvalue weighted by molar-refractivity contribution is 7.17. The minimum absolute atomic E-state index is 0.264. The van der Waals surface area contributed by atoms with Crippen LogP contribution >= 0.6 is 11.3 Å². The highest BCUT2D eigenvalue weighted by Crippen LogP contribution is 2.39. The van der Waals surface area contributed by atoms with Gasteiger partial charge in [-0.25, -0.2) is 9.78 Å². The van der Waals surface area contributed by atoms with Crippen LogP contribution in [-0.4, -0.2) is 35.8 Å². The number of carboxylic acids is 1. The summed E-state index contributed by atoms with van der Waals surface area (Å²) in [4.78, 5) is 18.6. The van der Waals surface area contributed by atoms with E-state index in [4.69, 9.17) is 4.74 Å². The lowest BCUT2D eigenvalue weighted by Gasteiger charge is -2.29. The standard InChI is InChI=1S/C15H22N2O3S/c1-20-9-11-13(14(18)19)21-15(16-11)17-8-4-7-12(17)10-5-2-3-6-10/h10,12H,2-9H2,1H3,(H,18,19). The van der Waals surface area contributed by atoms with Gasteiger partial charge in [0.15, 0.2) is 5.13 Å². The second-order valence-electron chi connectivity index (χ2n) is 5.96. The lowest BCUT2D eigenvalue weighted by molar-refractivity contribution is 0.0697. The molecule has 1 N–H and O–H groups in total. The number of carboxylic acid groups (broad SMARTS) is 1. The van der Waals surface area contributed by atoms with E-state index in [-0.39, 0.29) is 6.61 Å². The molecule has 0 radical (unpaired) electrons. The van der Waals surface area contributed by atoms with Crippen molar-refractivity contribution in [3.05, 3.63) is 10.6 Å². The van der Waals surface area contributed by atoms with Crippen LogP contribution in [0.25, 0.3) is 0 Å². The third-order valence-corrected chi connectivity index (χ3v) is 5.77. The Balaban J connectivity index is 1.84. The Kier molecular flexibility index (Phi) is 4.45. The molecule has 1 aromatic heterocycles. The molecule has 1 aliphatic carbocycles. The van der Waals surface area contributed by atoms with E-state index in [1.807, 2.05) is 0 Å². The molecule has 1 aliphatic heterocycles. The second-order valence-corrected chi connectivity index (χ2v) is 6.94. The number of aromatic carboxylic acids is 1. The van der Waals surface area contributed by atoms with E-state index >= 15 is 0 Å². The van der Waals surface area contributed by atoms with Crippen LogP contribution in [0.4, 0.5) is 5.13 Å². The molecular formula is C15H22N2O3S. The summed E-state index contributed by atoms with van der Waals surface area (Å²) in [6.07, 6.45) is 7.69. The summed E-state index contributed by atoms with van der Waals surface area (Å²) in [6, 6.07) is 0.552. The van der Waals surface area contributed by atoms with Gasteiger partial charge in [-0.2, -0.15) is 0 Å². The summed E-state index contributed by atoms with van der Waals surface area (Å²) in [5, 5.41) is 10.2. The first kappa shape index (κ1) is 14.8. The van der Waals surface area contributed by atoms with Gasteiger partial charge in [-0.1, -0.05) is 24.2 Å². The Morgan fingerprint density at radius 1 is 1.38 bits per heavy atom. The fourth-order valence-corrected chi connectivity index (χ4v) is 4.72. The van der Waals surface area contributed by atoms with Gasteiger partial charge in [0.2, 0.25) is 0 Å². The molecule has 5 nitrogen and oxygen atoms in total. The molecule has 1 saturated carbocycles. The normalized spacial score (nSPS) is 23.1. The van der Waals surface area contributed by atoms with Crippen molar-refractivity contribution < 1.29 is 14.6 Å². The first-order valence-corrected chi connectivity index (χ1v) is 8.51. The first-order chi connectivity index (χ1) is 10.2. The third kappa shape index (κ3) is 2.92. The van der Waals surface area contributed by atoms with E-state index in [0.29, 0.717) is 16.6 Å². The summed E-state index contributed by atoms with van der Waals surface area (Å²) in [7, 11) is 1.57. The van der Waals surface area contributed by atoms with Crippen molar-refractivity contribution in [2.45, 2.75) is 51.2 Å². The predicted molar refractivity (Wildman–Crippen MR) is 82.1 cm³/mol. The van der Waals surface area contributed by atoms with Gasteiger partial charge < -0.3 is 14.7 Å². The van der Waals surface area contributed by atoms with Crippen molar-refractivity contribution in [2.75, 3.05) is 18.6 Å². The largest absolute Gasteiger partial charge is 0.477 e. The van der Waals surface area contributed by atoms with Gasteiger partial charge in [0, 0.05) is 19.7 Å². The molecule has 2 heterocycles. The molecule has 3 rings (SSSR count). The number of thiazole rings is 1. The maximum atomic E-state index is 11.4. The third-order valence-electron chi connectivity index (χ3n) is 4.65. The van der Waals surface area contributed by atoms with Crippen molar-refractivity contribution in [3.63, 3.8) is 0 Å². The molecule has 2 aliphatic rings. The van der Waals surface area contributed by atoms with Crippen molar-refractivity contribution in [2.24, 2.45) is 5.92 Å². The predicted octanol–water partition coefficient (Wildman–Crippen LogP) is 3.15. The molecule has 6 heteroatoms. The van der Waals surface area contributed by atoms with Crippen molar-refractivity contribution in [1.82, 2.24) is 4.98 Å². The molecule has 1 aromatic rings. The van der Waals surface area contributed by atoms with Gasteiger partial charge in [-0.05, 0) is 31.6 Å². The number of nitrogens with zero attached hydrogens (tertiary/aromatic N) is 2. The van der Waals surface area contributed by atoms with Gasteiger partial charge in [0.25, 0.3) is 0 Å². The second kappa shape index (κ2) is 6.32. The van der Waals surface area contributed by atoms with E-state index in [1.54, 1.807) is 7.11 Å². The van der Waals surface area contributed by atoms with Crippen LogP contribution in [0.2, 0.25) is 0 Å². The Hall–Kier alpha value is -1.14. The van der Waals surface area contributed by atoms with Crippen molar-refractivity contribution >= 4 is 22.4 Å². The number of ether oxygens (including phenoxy) is 1. The molecule has 0 bridgehead atoms. The van der Waals surface area contributed by atoms with Crippen LogP contribution in [0.3, 0.4) is 0 Å². The highest BCUT2D eigenvalue weighted by atomic mass is 32.1. The summed E-state index contributed by atoms with van der Waals surface area (Å²) in [5.74, 6) is -0.141. The SMILES string of the molecule is COCc1nc(N2CCCC2C2CCCC2)sc1C(=O)O. The van der Waals surface area contributed by atoms with E-state index in [2.05, 4.69) is 9.88 Å². The van der Waals surface area contributed by atoms with Crippen LogP contribution in [0.15, 0.2) is 0 Å². The molecule has 2 fully saturated rings. The van der Waals surface area contributed by atoms with Gasteiger partial charge in [0.1, 0.15) is 4.88 Å². The van der Waals surface area contributed by atoms with Crippen LogP contribution in [-0.2, 0) is 11.3 Å².